The van der Waals surface area contributed by atoms with Crippen LogP contribution >= 0.6 is 0 Å². The summed E-state index contributed by atoms with van der Waals surface area (Å²) in [5.41, 5.74) is 2.05. The second-order valence-electron chi connectivity index (χ2n) is 7.60. The summed E-state index contributed by atoms with van der Waals surface area (Å²) in [6.07, 6.45) is -1.28. The van der Waals surface area contributed by atoms with Crippen LogP contribution in [0.15, 0.2) is 54.6 Å². The van der Waals surface area contributed by atoms with Crippen LogP contribution in [0.25, 0.3) is 11.4 Å². The van der Waals surface area contributed by atoms with Crippen molar-refractivity contribution in [1.29, 1.82) is 0 Å². The number of aromatic amines is 1. The van der Waals surface area contributed by atoms with E-state index in [4.69, 9.17) is 0 Å². The van der Waals surface area contributed by atoms with E-state index in [1.54, 1.807) is 0 Å². The summed E-state index contributed by atoms with van der Waals surface area (Å²) < 4.78 is 40.7. The second-order valence-corrected chi connectivity index (χ2v) is 7.60. The maximum Gasteiger partial charge on any atom is 0.573 e. The smallest absolute Gasteiger partial charge is 0.406 e. The van der Waals surface area contributed by atoms with Crippen molar-refractivity contribution < 1.29 is 17.9 Å². The van der Waals surface area contributed by atoms with Crippen LogP contribution in [0, 0.1) is 5.92 Å². The van der Waals surface area contributed by atoms with Crippen LogP contribution in [-0.2, 0) is 13.0 Å². The zero-order valence-electron chi connectivity index (χ0n) is 16.4. The van der Waals surface area contributed by atoms with Crippen LogP contribution in [0.4, 0.5) is 13.2 Å². The third-order valence-electron chi connectivity index (χ3n) is 5.34. The highest BCUT2D eigenvalue weighted by Crippen LogP contribution is 2.26. The third kappa shape index (κ3) is 5.60. The first-order valence-corrected chi connectivity index (χ1v) is 9.98. The number of hydrogen-bond donors (Lipinski definition) is 1. The molecule has 1 saturated heterocycles. The molecular weight excluding hydrogens is 393 g/mol. The number of alkyl halides is 3. The molecule has 2 aromatic carbocycles. The highest BCUT2D eigenvalue weighted by Gasteiger charge is 2.31. The summed E-state index contributed by atoms with van der Waals surface area (Å²) >= 11 is 0. The predicted octanol–water partition coefficient (Wildman–Crippen LogP) is 4.83. The first-order valence-electron chi connectivity index (χ1n) is 9.98. The molecule has 8 heteroatoms. The lowest BCUT2D eigenvalue weighted by atomic mass is 9.90. The van der Waals surface area contributed by atoms with Gasteiger partial charge in [-0.15, -0.1) is 23.4 Å². The zero-order chi connectivity index (χ0) is 21.0. The van der Waals surface area contributed by atoms with Gasteiger partial charge in [0.15, 0.2) is 5.82 Å². The van der Waals surface area contributed by atoms with Crippen molar-refractivity contribution in [1.82, 2.24) is 20.1 Å². The molecule has 1 aromatic heterocycles. The first kappa shape index (κ1) is 20.4. The average Bonchev–Trinajstić information content (AvgIpc) is 3.18. The molecule has 1 aliphatic heterocycles. The number of ether oxygens (including phenoxy) is 1. The lowest BCUT2D eigenvalue weighted by Crippen LogP contribution is -2.34. The quantitative estimate of drug-likeness (QED) is 0.626. The van der Waals surface area contributed by atoms with Gasteiger partial charge in [0.25, 0.3) is 0 Å². The van der Waals surface area contributed by atoms with E-state index in [9.17, 15) is 13.2 Å². The fourth-order valence-electron chi connectivity index (χ4n) is 3.82. The van der Waals surface area contributed by atoms with E-state index < -0.39 is 6.36 Å². The van der Waals surface area contributed by atoms with Crippen LogP contribution in [-0.4, -0.2) is 39.5 Å². The van der Waals surface area contributed by atoms with E-state index in [1.807, 2.05) is 6.07 Å². The molecular formula is C22H23F3N4O. The zero-order valence-corrected chi connectivity index (χ0v) is 16.4. The molecule has 30 heavy (non-hydrogen) atoms. The van der Waals surface area contributed by atoms with Gasteiger partial charge in [-0.1, -0.05) is 30.3 Å². The Morgan fingerprint density at radius 1 is 0.967 bits per heavy atom. The average molecular weight is 416 g/mol. The highest BCUT2D eigenvalue weighted by molar-refractivity contribution is 5.55. The van der Waals surface area contributed by atoms with Crippen molar-refractivity contribution in [3.63, 3.8) is 0 Å². The van der Waals surface area contributed by atoms with Gasteiger partial charge in [0.2, 0.25) is 0 Å². The highest BCUT2D eigenvalue weighted by atomic mass is 19.4. The number of H-pyrrole nitrogens is 1. The molecule has 0 atom stereocenters. The molecule has 0 amide bonds. The number of aromatic nitrogens is 3. The number of likely N-dealkylation sites (tertiary alicyclic amines) is 1. The number of hydrogen-bond acceptors (Lipinski definition) is 4. The normalized spacial score (nSPS) is 16.0. The molecule has 0 aliphatic carbocycles. The van der Waals surface area contributed by atoms with Crippen LogP contribution in [0.1, 0.15) is 24.2 Å². The number of nitrogens with zero attached hydrogens (tertiary/aromatic N) is 3. The predicted molar refractivity (Wildman–Crippen MR) is 107 cm³/mol. The topological polar surface area (TPSA) is 54.0 Å². The minimum absolute atomic E-state index is 0.260. The number of piperidine rings is 1. The molecule has 0 spiro atoms. The second kappa shape index (κ2) is 8.87. The molecule has 0 bridgehead atoms. The number of nitrogens with one attached hydrogen (secondary N) is 1. The summed E-state index contributed by atoms with van der Waals surface area (Å²) in [6, 6.07) is 16.2. The monoisotopic (exact) mass is 416 g/mol. The molecule has 1 N–H and O–H groups in total. The molecule has 4 rings (SSSR count). The minimum atomic E-state index is -4.70. The van der Waals surface area contributed by atoms with Gasteiger partial charge in [-0.25, -0.2) is 0 Å². The molecule has 158 valence electrons. The Kier molecular flexibility index (Phi) is 6.03. The molecule has 0 unspecified atom stereocenters. The van der Waals surface area contributed by atoms with Gasteiger partial charge >= 0.3 is 6.36 Å². The standard InChI is InChI=1S/C22H23F3N4O/c23-22(24,25)30-19-8-6-18(7-9-19)21-26-20(27-28-21)15-29-12-10-17(11-13-29)14-16-4-2-1-3-5-16/h1-9,17H,10-15H2,(H,26,27,28). The number of benzene rings is 2. The van der Waals surface area contributed by atoms with Crippen LogP contribution in [0.2, 0.25) is 0 Å². The van der Waals surface area contributed by atoms with E-state index >= 15 is 0 Å². The Morgan fingerprint density at radius 2 is 1.67 bits per heavy atom. The molecule has 1 aliphatic rings. The Morgan fingerprint density at radius 3 is 2.33 bits per heavy atom. The van der Waals surface area contributed by atoms with E-state index in [-0.39, 0.29) is 5.75 Å². The van der Waals surface area contributed by atoms with Gasteiger partial charge < -0.3 is 9.72 Å². The SMILES string of the molecule is FC(F)(F)Oc1ccc(-c2nnc(CN3CCC(Cc4ccccc4)CC3)[nH]2)cc1. The van der Waals surface area contributed by atoms with Gasteiger partial charge in [-0.2, -0.15) is 0 Å². The van der Waals surface area contributed by atoms with Gasteiger partial charge in [0.05, 0.1) is 6.54 Å². The van der Waals surface area contributed by atoms with Crippen LogP contribution < -0.4 is 4.74 Å². The maximum absolute atomic E-state index is 12.3. The summed E-state index contributed by atoms with van der Waals surface area (Å²) in [4.78, 5) is 5.52. The van der Waals surface area contributed by atoms with E-state index in [0.717, 1.165) is 38.2 Å². The molecule has 2 heterocycles. The fourth-order valence-corrected chi connectivity index (χ4v) is 3.82. The first-order chi connectivity index (χ1) is 14.4. The van der Waals surface area contributed by atoms with Gasteiger partial charge in [0.1, 0.15) is 11.6 Å². The Balaban J connectivity index is 1.29. The van der Waals surface area contributed by atoms with Gasteiger partial charge in [0, 0.05) is 5.56 Å². The van der Waals surface area contributed by atoms with Crippen molar-refractivity contribution in [3.05, 3.63) is 66.0 Å². The van der Waals surface area contributed by atoms with Crippen molar-refractivity contribution in [3.8, 4) is 17.1 Å². The Labute approximate surface area is 172 Å². The minimum Gasteiger partial charge on any atom is -0.406 e. The van der Waals surface area contributed by atoms with E-state index in [0.29, 0.717) is 23.9 Å². The van der Waals surface area contributed by atoms with Crippen molar-refractivity contribution in [2.75, 3.05) is 13.1 Å². The van der Waals surface area contributed by atoms with Crippen molar-refractivity contribution in [2.45, 2.75) is 32.2 Å². The number of rotatable bonds is 6. The van der Waals surface area contributed by atoms with Crippen LogP contribution in [0.3, 0.4) is 0 Å². The fraction of sp³-hybridized carbons (Fsp3) is 0.364. The Bertz CT molecular complexity index is 933. The van der Waals surface area contributed by atoms with E-state index in [2.05, 4.69) is 49.1 Å². The van der Waals surface area contributed by atoms with E-state index in [1.165, 1.54) is 29.8 Å². The van der Waals surface area contributed by atoms with Crippen molar-refractivity contribution >= 4 is 0 Å². The summed E-state index contributed by atoms with van der Waals surface area (Å²) in [7, 11) is 0. The summed E-state index contributed by atoms with van der Waals surface area (Å²) in [6.45, 7) is 2.70. The molecule has 0 saturated carbocycles. The molecule has 5 nitrogen and oxygen atoms in total. The lowest BCUT2D eigenvalue weighted by Gasteiger charge is -2.31. The largest absolute Gasteiger partial charge is 0.573 e. The summed E-state index contributed by atoms with van der Waals surface area (Å²) in [5, 5.41) is 8.33. The molecule has 1 fully saturated rings. The van der Waals surface area contributed by atoms with Gasteiger partial charge in [-0.3, -0.25) is 4.90 Å². The summed E-state index contributed by atoms with van der Waals surface area (Å²) in [5.74, 6) is 1.72. The van der Waals surface area contributed by atoms with Crippen LogP contribution in [0.5, 0.6) is 5.75 Å². The maximum atomic E-state index is 12.3. The molecule has 0 radical (unpaired) electrons. The van der Waals surface area contributed by atoms with Crippen molar-refractivity contribution in [2.24, 2.45) is 5.92 Å². The lowest BCUT2D eigenvalue weighted by molar-refractivity contribution is -0.274. The Hall–Kier alpha value is -2.87. The third-order valence-corrected chi connectivity index (χ3v) is 5.34. The number of halogens is 3. The van der Waals surface area contributed by atoms with Gasteiger partial charge in [-0.05, 0) is 68.1 Å². The molecule has 3 aromatic rings.